The van der Waals surface area contributed by atoms with Crippen LogP contribution in [0.1, 0.15) is 37.9 Å². The van der Waals surface area contributed by atoms with Gasteiger partial charge in [-0.1, -0.05) is 12.1 Å². The predicted octanol–water partition coefficient (Wildman–Crippen LogP) is 3.08. The van der Waals surface area contributed by atoms with Gasteiger partial charge in [0.2, 0.25) is 0 Å². The third-order valence-electron chi connectivity index (χ3n) is 4.73. The first-order valence-electron chi connectivity index (χ1n) is 9.15. The summed E-state index contributed by atoms with van der Waals surface area (Å²) in [5.74, 6) is -0.266. The number of rotatable bonds is 5. The van der Waals surface area contributed by atoms with Crippen LogP contribution in [0.2, 0.25) is 0 Å². The van der Waals surface area contributed by atoms with E-state index < -0.39 is 23.6 Å². The van der Waals surface area contributed by atoms with Crippen molar-refractivity contribution in [2.24, 2.45) is 0 Å². The maximum absolute atomic E-state index is 12.9. The second kappa shape index (κ2) is 7.69. The summed E-state index contributed by atoms with van der Waals surface area (Å²) in [7, 11) is 0. The van der Waals surface area contributed by atoms with Crippen LogP contribution in [0.3, 0.4) is 0 Å². The molecule has 0 aliphatic carbocycles. The number of hydrogen-bond donors (Lipinski definition) is 1. The molecule has 2 amide bonds. The second-order valence-electron chi connectivity index (χ2n) is 6.82. The van der Waals surface area contributed by atoms with E-state index in [9.17, 15) is 22.8 Å². The van der Waals surface area contributed by atoms with Crippen LogP contribution >= 0.6 is 0 Å². The van der Waals surface area contributed by atoms with E-state index in [2.05, 4.69) is 10.4 Å². The summed E-state index contributed by atoms with van der Waals surface area (Å²) in [6.07, 6.45) is -2.95. The molecule has 0 fully saturated rings. The lowest BCUT2D eigenvalue weighted by atomic mass is 10.1. The van der Waals surface area contributed by atoms with Crippen molar-refractivity contribution >= 4 is 11.8 Å². The van der Waals surface area contributed by atoms with Crippen molar-refractivity contribution in [3.8, 4) is 0 Å². The molecule has 156 valence electrons. The summed E-state index contributed by atoms with van der Waals surface area (Å²) in [5.41, 5.74) is -0.0743. The quantitative estimate of drug-likeness (QED) is 0.691. The fourth-order valence-corrected chi connectivity index (χ4v) is 3.24. The summed E-state index contributed by atoms with van der Waals surface area (Å²) in [4.78, 5) is 26.5. The Labute approximate surface area is 169 Å². The first-order chi connectivity index (χ1) is 14.3. The summed E-state index contributed by atoms with van der Waals surface area (Å²) < 4.78 is 45.3. The molecule has 1 N–H and O–H groups in total. The van der Waals surface area contributed by atoms with Crippen molar-refractivity contribution in [1.82, 2.24) is 20.0 Å². The lowest BCUT2D eigenvalue weighted by Gasteiger charge is -2.27. The highest BCUT2D eigenvalue weighted by molar-refractivity contribution is 5.98. The Balaban J connectivity index is 1.45. The average molecular weight is 418 g/mol. The number of amides is 2. The highest BCUT2D eigenvalue weighted by Crippen LogP contribution is 2.30. The molecule has 10 heteroatoms. The van der Waals surface area contributed by atoms with E-state index in [1.54, 1.807) is 18.2 Å². The van der Waals surface area contributed by atoms with E-state index >= 15 is 0 Å². The largest absolute Gasteiger partial charge is 0.467 e. The van der Waals surface area contributed by atoms with E-state index in [1.165, 1.54) is 28.0 Å². The van der Waals surface area contributed by atoms with Crippen LogP contribution in [0.4, 0.5) is 13.2 Å². The Morgan fingerprint density at radius 1 is 1.17 bits per heavy atom. The standard InChI is InChI=1S/C20H17F3N4O3/c21-20(22,23)14-4-1-3-13(9-14)12-26-6-7-27-17(19(26)29)10-16(25-27)18(28)24-11-15-5-2-8-30-15/h1-5,8-10H,6-7,11-12H2,(H,24,28). The lowest BCUT2D eigenvalue weighted by molar-refractivity contribution is -0.137. The van der Waals surface area contributed by atoms with Crippen LogP contribution in [0, 0.1) is 0 Å². The Hall–Kier alpha value is -3.56. The molecule has 0 radical (unpaired) electrons. The van der Waals surface area contributed by atoms with Gasteiger partial charge >= 0.3 is 6.18 Å². The van der Waals surface area contributed by atoms with Gasteiger partial charge in [-0.3, -0.25) is 14.3 Å². The van der Waals surface area contributed by atoms with Gasteiger partial charge in [0.25, 0.3) is 11.8 Å². The van der Waals surface area contributed by atoms with Gasteiger partial charge in [0.05, 0.1) is 24.9 Å². The van der Waals surface area contributed by atoms with Crippen LogP contribution < -0.4 is 5.32 Å². The Morgan fingerprint density at radius 3 is 2.73 bits per heavy atom. The molecule has 0 saturated heterocycles. The molecular formula is C20H17F3N4O3. The average Bonchev–Trinajstić information content (AvgIpc) is 3.38. The maximum Gasteiger partial charge on any atom is 0.416 e. The molecule has 0 saturated carbocycles. The summed E-state index contributed by atoms with van der Waals surface area (Å²) in [6, 6.07) is 9.69. The number of aromatic nitrogens is 2. The fourth-order valence-electron chi connectivity index (χ4n) is 3.24. The molecule has 4 rings (SSSR count). The zero-order valence-electron chi connectivity index (χ0n) is 15.6. The summed E-state index contributed by atoms with van der Waals surface area (Å²) >= 11 is 0. The molecule has 7 nitrogen and oxygen atoms in total. The fraction of sp³-hybridized carbons (Fsp3) is 0.250. The summed E-state index contributed by atoms with van der Waals surface area (Å²) in [6.45, 7) is 0.834. The van der Waals surface area contributed by atoms with E-state index in [4.69, 9.17) is 4.42 Å². The zero-order chi connectivity index (χ0) is 21.3. The molecule has 0 spiro atoms. The highest BCUT2D eigenvalue weighted by Gasteiger charge is 2.31. The van der Waals surface area contributed by atoms with Crippen LogP contribution in [0.15, 0.2) is 53.1 Å². The number of alkyl halides is 3. The third-order valence-corrected chi connectivity index (χ3v) is 4.73. The Kier molecular flexibility index (Phi) is 5.06. The molecule has 0 bridgehead atoms. The van der Waals surface area contributed by atoms with Crippen molar-refractivity contribution in [3.05, 3.63) is 77.0 Å². The monoisotopic (exact) mass is 418 g/mol. The van der Waals surface area contributed by atoms with Crippen LogP contribution in [0.5, 0.6) is 0 Å². The van der Waals surface area contributed by atoms with Gasteiger partial charge in [0.15, 0.2) is 5.69 Å². The van der Waals surface area contributed by atoms with E-state index in [0.29, 0.717) is 17.9 Å². The number of nitrogens with zero attached hydrogens (tertiary/aromatic N) is 3. The van der Waals surface area contributed by atoms with Crippen molar-refractivity contribution in [2.45, 2.75) is 25.8 Å². The van der Waals surface area contributed by atoms with E-state index in [1.807, 2.05) is 0 Å². The number of halogens is 3. The highest BCUT2D eigenvalue weighted by atomic mass is 19.4. The first kappa shape index (κ1) is 19.7. The number of fused-ring (bicyclic) bond motifs is 1. The van der Waals surface area contributed by atoms with E-state index in [-0.39, 0.29) is 31.0 Å². The minimum Gasteiger partial charge on any atom is -0.467 e. The lowest BCUT2D eigenvalue weighted by Crippen LogP contribution is -2.39. The maximum atomic E-state index is 12.9. The van der Waals surface area contributed by atoms with Crippen molar-refractivity contribution in [3.63, 3.8) is 0 Å². The number of nitrogens with one attached hydrogen (secondary N) is 1. The van der Waals surface area contributed by atoms with Gasteiger partial charge in [-0.25, -0.2) is 0 Å². The molecule has 0 atom stereocenters. The number of benzene rings is 1. The molecule has 3 heterocycles. The Bertz CT molecular complexity index is 1070. The first-order valence-corrected chi connectivity index (χ1v) is 9.15. The minimum absolute atomic E-state index is 0.0357. The van der Waals surface area contributed by atoms with Gasteiger partial charge in [-0.2, -0.15) is 18.3 Å². The van der Waals surface area contributed by atoms with Crippen LogP contribution in [-0.2, 0) is 25.8 Å². The van der Waals surface area contributed by atoms with Crippen molar-refractivity contribution in [1.29, 1.82) is 0 Å². The number of furan rings is 1. The van der Waals surface area contributed by atoms with Crippen molar-refractivity contribution < 1.29 is 27.2 Å². The molecule has 1 aliphatic rings. The molecule has 1 aliphatic heterocycles. The van der Waals surface area contributed by atoms with Gasteiger partial charge in [0, 0.05) is 19.2 Å². The molecule has 2 aromatic heterocycles. The smallest absolute Gasteiger partial charge is 0.416 e. The Morgan fingerprint density at radius 2 is 2.00 bits per heavy atom. The third kappa shape index (κ3) is 4.07. The van der Waals surface area contributed by atoms with E-state index in [0.717, 1.165) is 12.1 Å². The van der Waals surface area contributed by atoms with Gasteiger partial charge in [-0.05, 0) is 29.8 Å². The topological polar surface area (TPSA) is 80.4 Å². The van der Waals surface area contributed by atoms with Crippen molar-refractivity contribution in [2.75, 3.05) is 6.54 Å². The second-order valence-corrected chi connectivity index (χ2v) is 6.82. The molecule has 3 aromatic rings. The zero-order valence-corrected chi connectivity index (χ0v) is 15.6. The van der Waals surface area contributed by atoms with Crippen LogP contribution in [-0.4, -0.2) is 33.0 Å². The minimum atomic E-state index is -4.45. The van der Waals surface area contributed by atoms with Gasteiger partial charge in [-0.15, -0.1) is 0 Å². The van der Waals surface area contributed by atoms with Gasteiger partial charge in [0.1, 0.15) is 11.5 Å². The van der Waals surface area contributed by atoms with Crippen LogP contribution in [0.25, 0.3) is 0 Å². The molecule has 1 aromatic carbocycles. The normalized spacial score (nSPS) is 14.0. The summed E-state index contributed by atoms with van der Waals surface area (Å²) in [5, 5.41) is 6.82. The predicted molar refractivity (Wildman–Crippen MR) is 98.3 cm³/mol. The molecule has 30 heavy (non-hydrogen) atoms. The molecule has 0 unspecified atom stereocenters. The SMILES string of the molecule is O=C(NCc1ccco1)c1cc2n(n1)CCN(Cc1cccc(C(F)(F)F)c1)C2=O. The number of carbonyl (C=O) groups is 2. The molecular weight excluding hydrogens is 401 g/mol. The number of carbonyl (C=O) groups excluding carboxylic acids is 2. The van der Waals surface area contributed by atoms with Gasteiger partial charge < -0.3 is 14.6 Å². The number of hydrogen-bond acceptors (Lipinski definition) is 4.